The number of aryl methyl sites for hydroxylation is 1. The second-order valence-electron chi connectivity index (χ2n) is 3.71. The molecule has 4 heteroatoms. The molecule has 0 aliphatic heterocycles. The second kappa shape index (κ2) is 3.81. The van der Waals surface area contributed by atoms with Crippen molar-refractivity contribution in [1.29, 1.82) is 0 Å². The van der Waals surface area contributed by atoms with Gasteiger partial charge in [0.15, 0.2) is 0 Å². The topological polar surface area (TPSA) is 30.9 Å². The van der Waals surface area contributed by atoms with Crippen molar-refractivity contribution in [3.05, 3.63) is 33.4 Å². The summed E-state index contributed by atoms with van der Waals surface area (Å²) >= 11 is 9.56. The van der Waals surface area contributed by atoms with E-state index in [1.807, 2.05) is 32.2 Å². The minimum Gasteiger partial charge on any atom is -0.345 e. The van der Waals surface area contributed by atoms with Gasteiger partial charge in [0.2, 0.25) is 0 Å². The highest BCUT2D eigenvalue weighted by atomic mass is 79.9. The van der Waals surface area contributed by atoms with Crippen LogP contribution in [0.25, 0.3) is 10.9 Å². The molecule has 0 saturated heterocycles. The number of halogens is 2. The van der Waals surface area contributed by atoms with Crippen LogP contribution in [-0.2, 0) is 7.05 Å². The van der Waals surface area contributed by atoms with Crippen molar-refractivity contribution in [2.75, 3.05) is 0 Å². The maximum absolute atomic E-state index is 5.97. The number of hydrogen-bond acceptors (Lipinski definition) is 1. The zero-order valence-corrected chi connectivity index (χ0v) is 10.9. The quantitative estimate of drug-likeness (QED) is 0.853. The molecule has 0 fully saturated rings. The van der Waals surface area contributed by atoms with E-state index >= 15 is 0 Å². The first-order valence-corrected chi connectivity index (χ1v) is 5.88. The summed E-state index contributed by atoms with van der Waals surface area (Å²) in [6, 6.07) is 5.84. The predicted molar refractivity (Wildman–Crippen MR) is 68.2 cm³/mol. The Hall–Kier alpha value is -0.510. The number of nitrogens with two attached hydrogens (primary N) is 1. The van der Waals surface area contributed by atoms with Gasteiger partial charge in [-0.1, -0.05) is 17.7 Å². The Morgan fingerprint density at radius 3 is 2.73 bits per heavy atom. The maximum Gasteiger partial charge on any atom is 0.0507 e. The van der Waals surface area contributed by atoms with E-state index in [9.17, 15) is 0 Å². The van der Waals surface area contributed by atoms with E-state index in [0.717, 1.165) is 26.1 Å². The zero-order chi connectivity index (χ0) is 11.2. The fourth-order valence-corrected chi connectivity index (χ4v) is 3.02. The third-order valence-electron chi connectivity index (χ3n) is 2.58. The van der Waals surface area contributed by atoms with Crippen molar-refractivity contribution in [1.82, 2.24) is 4.57 Å². The summed E-state index contributed by atoms with van der Waals surface area (Å²) in [6.45, 7) is 1.97. The SMILES string of the molecule is CC(N)c1c(Br)c2ccc(Cl)cc2n1C. The monoisotopic (exact) mass is 286 g/mol. The molecule has 2 aromatic rings. The normalized spacial score (nSPS) is 13.4. The Morgan fingerprint density at radius 2 is 2.13 bits per heavy atom. The lowest BCUT2D eigenvalue weighted by atomic mass is 10.2. The smallest absolute Gasteiger partial charge is 0.0507 e. The van der Waals surface area contributed by atoms with Crippen LogP contribution in [0.3, 0.4) is 0 Å². The largest absolute Gasteiger partial charge is 0.345 e. The van der Waals surface area contributed by atoms with Crippen molar-refractivity contribution < 1.29 is 0 Å². The van der Waals surface area contributed by atoms with E-state index < -0.39 is 0 Å². The maximum atomic E-state index is 5.97. The Labute approximate surface area is 102 Å². The average Bonchev–Trinajstić information content (AvgIpc) is 2.39. The Morgan fingerprint density at radius 1 is 1.47 bits per heavy atom. The van der Waals surface area contributed by atoms with Crippen molar-refractivity contribution >= 4 is 38.4 Å². The third-order valence-corrected chi connectivity index (χ3v) is 3.64. The molecule has 2 rings (SSSR count). The van der Waals surface area contributed by atoms with Gasteiger partial charge in [-0.25, -0.2) is 0 Å². The second-order valence-corrected chi connectivity index (χ2v) is 4.94. The van der Waals surface area contributed by atoms with Gasteiger partial charge < -0.3 is 10.3 Å². The summed E-state index contributed by atoms with van der Waals surface area (Å²) < 4.78 is 3.14. The van der Waals surface area contributed by atoms with Gasteiger partial charge in [0, 0.05) is 33.7 Å². The van der Waals surface area contributed by atoms with E-state index in [2.05, 4.69) is 20.5 Å². The molecule has 1 heterocycles. The van der Waals surface area contributed by atoms with Crippen LogP contribution in [0.15, 0.2) is 22.7 Å². The summed E-state index contributed by atoms with van der Waals surface area (Å²) in [5.74, 6) is 0. The highest BCUT2D eigenvalue weighted by Crippen LogP contribution is 2.34. The van der Waals surface area contributed by atoms with Crippen LogP contribution in [0.5, 0.6) is 0 Å². The summed E-state index contributed by atoms with van der Waals surface area (Å²) in [5, 5.41) is 1.89. The molecule has 2 nitrogen and oxygen atoms in total. The Balaban J connectivity index is 2.85. The van der Waals surface area contributed by atoms with Crippen LogP contribution < -0.4 is 5.73 Å². The van der Waals surface area contributed by atoms with Gasteiger partial charge in [0.1, 0.15) is 0 Å². The molecule has 15 heavy (non-hydrogen) atoms. The summed E-state index contributed by atoms with van der Waals surface area (Å²) in [6.07, 6.45) is 0. The van der Waals surface area contributed by atoms with E-state index in [-0.39, 0.29) is 6.04 Å². The molecular formula is C11H12BrClN2. The van der Waals surface area contributed by atoms with Gasteiger partial charge in [-0.2, -0.15) is 0 Å². The summed E-state index contributed by atoms with van der Waals surface area (Å²) in [7, 11) is 2.00. The number of rotatable bonds is 1. The van der Waals surface area contributed by atoms with Gasteiger partial charge in [0.25, 0.3) is 0 Å². The lowest BCUT2D eigenvalue weighted by Gasteiger charge is -2.08. The number of benzene rings is 1. The molecule has 0 saturated carbocycles. The van der Waals surface area contributed by atoms with Crippen molar-refractivity contribution in [3.63, 3.8) is 0 Å². The Kier molecular flexibility index (Phi) is 2.79. The average molecular weight is 288 g/mol. The zero-order valence-electron chi connectivity index (χ0n) is 8.59. The van der Waals surface area contributed by atoms with E-state index in [1.165, 1.54) is 0 Å². The number of hydrogen-bond donors (Lipinski definition) is 1. The first kappa shape index (κ1) is 11.0. The molecule has 0 aliphatic carbocycles. The molecule has 0 bridgehead atoms. The van der Waals surface area contributed by atoms with Crippen LogP contribution in [0.1, 0.15) is 18.7 Å². The molecule has 1 aromatic carbocycles. The predicted octanol–water partition coefficient (Wildman–Crippen LogP) is 3.61. The van der Waals surface area contributed by atoms with Crippen LogP contribution in [0, 0.1) is 0 Å². The van der Waals surface area contributed by atoms with Gasteiger partial charge in [-0.15, -0.1) is 0 Å². The minimum absolute atomic E-state index is 0.00412. The molecule has 1 unspecified atom stereocenters. The van der Waals surface area contributed by atoms with Crippen molar-refractivity contribution in [3.8, 4) is 0 Å². The molecule has 80 valence electrons. The molecule has 0 radical (unpaired) electrons. The third kappa shape index (κ3) is 1.69. The van der Waals surface area contributed by atoms with E-state index in [0.29, 0.717) is 0 Å². The van der Waals surface area contributed by atoms with Gasteiger partial charge >= 0.3 is 0 Å². The number of fused-ring (bicyclic) bond motifs is 1. The minimum atomic E-state index is -0.00412. The lowest BCUT2D eigenvalue weighted by molar-refractivity contribution is 0.722. The van der Waals surface area contributed by atoms with Crippen molar-refractivity contribution in [2.45, 2.75) is 13.0 Å². The highest BCUT2D eigenvalue weighted by Gasteiger charge is 2.15. The standard InChI is InChI=1S/C11H12BrClN2/c1-6(14)11-10(12)8-4-3-7(13)5-9(8)15(11)2/h3-6H,14H2,1-2H3. The highest BCUT2D eigenvalue weighted by molar-refractivity contribution is 9.10. The van der Waals surface area contributed by atoms with E-state index in [4.69, 9.17) is 17.3 Å². The molecule has 0 spiro atoms. The fourth-order valence-electron chi connectivity index (χ4n) is 1.89. The van der Waals surface area contributed by atoms with Gasteiger partial charge in [0.05, 0.1) is 5.52 Å². The number of nitrogens with zero attached hydrogens (tertiary/aromatic N) is 1. The fraction of sp³-hybridized carbons (Fsp3) is 0.273. The first-order valence-electron chi connectivity index (χ1n) is 4.71. The summed E-state index contributed by atoms with van der Waals surface area (Å²) in [4.78, 5) is 0. The molecule has 2 N–H and O–H groups in total. The number of aromatic nitrogens is 1. The van der Waals surface area contributed by atoms with Crippen LogP contribution >= 0.6 is 27.5 Å². The molecule has 1 atom stereocenters. The van der Waals surface area contributed by atoms with Crippen LogP contribution in [-0.4, -0.2) is 4.57 Å². The van der Waals surface area contributed by atoms with Crippen molar-refractivity contribution in [2.24, 2.45) is 12.8 Å². The first-order chi connectivity index (χ1) is 7.02. The molecule has 1 aromatic heterocycles. The molecule has 0 amide bonds. The Bertz CT molecular complexity index is 517. The van der Waals surface area contributed by atoms with Crippen LogP contribution in [0.2, 0.25) is 5.02 Å². The molecule has 0 aliphatic rings. The summed E-state index contributed by atoms with van der Waals surface area (Å²) in [5.41, 5.74) is 8.12. The van der Waals surface area contributed by atoms with Gasteiger partial charge in [-0.05, 0) is 35.0 Å². The van der Waals surface area contributed by atoms with Crippen LogP contribution in [0.4, 0.5) is 0 Å². The molecular weight excluding hydrogens is 275 g/mol. The lowest BCUT2D eigenvalue weighted by Crippen LogP contribution is -2.10. The van der Waals surface area contributed by atoms with E-state index in [1.54, 1.807) is 0 Å². The van der Waals surface area contributed by atoms with Gasteiger partial charge in [-0.3, -0.25) is 0 Å².